The number of hydrogen-bond donors (Lipinski definition) is 1. The number of benzene rings is 2. The number of rotatable bonds is 1. The average Bonchev–Trinajstić information content (AvgIpc) is 2.66. The summed E-state index contributed by atoms with van der Waals surface area (Å²) in [5, 5.41) is 0. The summed E-state index contributed by atoms with van der Waals surface area (Å²) in [6.45, 7) is 3.87. The van der Waals surface area contributed by atoms with Gasteiger partial charge in [0.25, 0.3) is 5.91 Å². The summed E-state index contributed by atoms with van der Waals surface area (Å²) in [6.07, 6.45) is 0. The van der Waals surface area contributed by atoms with E-state index in [-0.39, 0.29) is 11.6 Å². The lowest BCUT2D eigenvalue weighted by atomic mass is 10.1. The van der Waals surface area contributed by atoms with E-state index in [1.165, 1.54) is 23.1 Å². The van der Waals surface area contributed by atoms with Crippen LogP contribution in [0.2, 0.25) is 0 Å². The van der Waals surface area contributed by atoms with Crippen molar-refractivity contribution in [2.24, 2.45) is 0 Å². The zero-order valence-corrected chi connectivity index (χ0v) is 10.1. The number of nitrogen functional groups attached to an aromatic ring is 1. The van der Waals surface area contributed by atoms with Crippen LogP contribution in [0.5, 0.6) is 0 Å². The Morgan fingerprint density at radius 2 is 1.79 bits per heavy atom. The van der Waals surface area contributed by atoms with E-state index < -0.39 is 5.82 Å². The van der Waals surface area contributed by atoms with Gasteiger partial charge in [-0.15, -0.1) is 0 Å². The van der Waals surface area contributed by atoms with Gasteiger partial charge in [0, 0.05) is 16.8 Å². The molecule has 0 aromatic heterocycles. The zero-order chi connectivity index (χ0) is 13.6. The number of halogens is 1. The monoisotopic (exact) mass is 254 g/mol. The van der Waals surface area contributed by atoms with E-state index in [2.05, 4.69) is 6.58 Å². The van der Waals surface area contributed by atoms with Gasteiger partial charge in [0.1, 0.15) is 5.82 Å². The second kappa shape index (κ2) is 3.95. The predicted octanol–water partition coefficient (Wildman–Crippen LogP) is 3.04. The Hall–Kier alpha value is -2.62. The van der Waals surface area contributed by atoms with Crippen LogP contribution in [0.15, 0.2) is 49.0 Å². The molecule has 0 spiro atoms. The van der Waals surface area contributed by atoms with Gasteiger partial charge in [0.05, 0.1) is 11.4 Å². The average molecular weight is 254 g/mol. The third-order valence-electron chi connectivity index (χ3n) is 3.15. The van der Waals surface area contributed by atoms with E-state index in [0.717, 1.165) is 0 Å². The molecule has 3 nitrogen and oxygen atoms in total. The summed E-state index contributed by atoms with van der Waals surface area (Å²) in [7, 11) is 0. The number of fused-ring (bicyclic) bond motifs is 1. The lowest BCUT2D eigenvalue weighted by Crippen LogP contribution is -2.23. The number of carbonyl (C=O) groups excluding carboxylic acids is 1. The molecule has 4 heteroatoms. The summed E-state index contributed by atoms with van der Waals surface area (Å²) in [6, 6.07) is 11.2. The van der Waals surface area contributed by atoms with Crippen molar-refractivity contribution in [3.8, 4) is 0 Å². The van der Waals surface area contributed by atoms with Crippen molar-refractivity contribution >= 4 is 23.0 Å². The van der Waals surface area contributed by atoms with Crippen molar-refractivity contribution in [2.45, 2.75) is 0 Å². The quantitative estimate of drug-likeness (QED) is 0.795. The Bertz CT molecular complexity index is 674. The Kier molecular flexibility index (Phi) is 2.38. The van der Waals surface area contributed by atoms with E-state index in [1.54, 1.807) is 18.2 Å². The molecular formula is C15H11FN2O. The van der Waals surface area contributed by atoms with Crippen LogP contribution in [0.25, 0.3) is 5.70 Å². The van der Waals surface area contributed by atoms with Gasteiger partial charge in [-0.05, 0) is 24.3 Å². The van der Waals surface area contributed by atoms with Gasteiger partial charge in [-0.2, -0.15) is 0 Å². The van der Waals surface area contributed by atoms with Gasteiger partial charge in [-0.25, -0.2) is 4.39 Å². The highest BCUT2D eigenvalue weighted by Gasteiger charge is 2.33. The number of amides is 1. The number of anilines is 2. The lowest BCUT2D eigenvalue weighted by Gasteiger charge is -2.18. The minimum atomic E-state index is -0.503. The smallest absolute Gasteiger partial charge is 0.263 e. The second-order valence-electron chi connectivity index (χ2n) is 4.34. The number of nitrogens with zero attached hydrogens (tertiary/aromatic N) is 1. The number of hydrogen-bond acceptors (Lipinski definition) is 2. The maximum atomic E-state index is 13.9. The van der Waals surface area contributed by atoms with E-state index in [9.17, 15) is 9.18 Å². The summed E-state index contributed by atoms with van der Waals surface area (Å²) >= 11 is 0. The molecule has 2 aromatic rings. The van der Waals surface area contributed by atoms with Gasteiger partial charge < -0.3 is 5.73 Å². The first-order valence-electron chi connectivity index (χ1n) is 5.77. The molecule has 0 radical (unpaired) electrons. The molecule has 94 valence electrons. The van der Waals surface area contributed by atoms with Crippen molar-refractivity contribution in [3.05, 3.63) is 66.0 Å². The normalized spacial score (nSPS) is 13.8. The third kappa shape index (κ3) is 1.61. The molecule has 0 bridgehead atoms. The van der Waals surface area contributed by atoms with E-state index in [4.69, 9.17) is 5.73 Å². The molecule has 2 aromatic carbocycles. The van der Waals surface area contributed by atoms with Crippen molar-refractivity contribution in [2.75, 3.05) is 10.6 Å². The molecule has 0 saturated carbocycles. The molecule has 0 atom stereocenters. The van der Waals surface area contributed by atoms with Crippen LogP contribution in [0.3, 0.4) is 0 Å². The second-order valence-corrected chi connectivity index (χ2v) is 4.34. The van der Waals surface area contributed by atoms with Crippen LogP contribution in [-0.2, 0) is 0 Å². The highest BCUT2D eigenvalue weighted by atomic mass is 19.1. The predicted molar refractivity (Wildman–Crippen MR) is 73.1 cm³/mol. The van der Waals surface area contributed by atoms with Crippen molar-refractivity contribution in [1.29, 1.82) is 0 Å². The van der Waals surface area contributed by atoms with Crippen molar-refractivity contribution in [1.82, 2.24) is 0 Å². The van der Waals surface area contributed by atoms with Crippen LogP contribution in [0.1, 0.15) is 15.9 Å². The fourth-order valence-electron chi connectivity index (χ4n) is 2.24. The van der Waals surface area contributed by atoms with Gasteiger partial charge >= 0.3 is 0 Å². The lowest BCUT2D eigenvalue weighted by molar-refractivity contribution is 0.101. The van der Waals surface area contributed by atoms with Gasteiger partial charge in [-0.1, -0.05) is 24.8 Å². The first kappa shape index (κ1) is 11.5. The Labute approximate surface area is 109 Å². The van der Waals surface area contributed by atoms with E-state index >= 15 is 0 Å². The summed E-state index contributed by atoms with van der Waals surface area (Å²) in [5.74, 6) is -0.790. The fourth-order valence-corrected chi connectivity index (χ4v) is 2.24. The van der Waals surface area contributed by atoms with E-state index in [1.807, 2.05) is 6.07 Å². The Balaban J connectivity index is 2.17. The molecule has 19 heavy (non-hydrogen) atoms. The molecule has 3 rings (SSSR count). The Morgan fingerprint density at radius 3 is 2.47 bits per heavy atom. The summed E-state index contributed by atoms with van der Waals surface area (Å²) < 4.78 is 13.9. The number of nitrogens with two attached hydrogens (primary N) is 1. The topological polar surface area (TPSA) is 46.3 Å². The fraction of sp³-hybridized carbons (Fsp3) is 0. The molecule has 0 aliphatic carbocycles. The molecular weight excluding hydrogens is 243 g/mol. The van der Waals surface area contributed by atoms with Crippen LogP contribution in [0.4, 0.5) is 15.8 Å². The zero-order valence-electron chi connectivity index (χ0n) is 10.1. The first-order chi connectivity index (χ1) is 9.09. The molecule has 0 fully saturated rings. The van der Waals surface area contributed by atoms with Crippen LogP contribution >= 0.6 is 0 Å². The van der Waals surface area contributed by atoms with Crippen LogP contribution in [-0.4, -0.2) is 5.91 Å². The highest BCUT2D eigenvalue weighted by Crippen LogP contribution is 2.37. The van der Waals surface area contributed by atoms with Gasteiger partial charge in [-0.3, -0.25) is 9.69 Å². The largest absolute Gasteiger partial charge is 0.399 e. The number of carbonyl (C=O) groups is 1. The van der Waals surface area contributed by atoms with Gasteiger partial charge in [0.2, 0.25) is 0 Å². The third-order valence-corrected chi connectivity index (χ3v) is 3.15. The minimum Gasteiger partial charge on any atom is -0.399 e. The first-order valence-corrected chi connectivity index (χ1v) is 5.77. The molecule has 1 aliphatic heterocycles. The van der Waals surface area contributed by atoms with E-state index in [0.29, 0.717) is 22.5 Å². The van der Waals surface area contributed by atoms with Crippen molar-refractivity contribution in [3.63, 3.8) is 0 Å². The molecule has 1 heterocycles. The molecule has 0 unspecified atom stereocenters. The maximum Gasteiger partial charge on any atom is 0.263 e. The standard InChI is InChI=1S/C15H11FN2O/c1-9-11-4-2-3-5-12(11)15(19)18(9)14-8-10(17)6-7-13(14)16/h2-8H,1,17H2. The Morgan fingerprint density at radius 1 is 1.11 bits per heavy atom. The molecule has 1 aliphatic rings. The summed E-state index contributed by atoms with van der Waals surface area (Å²) in [4.78, 5) is 13.6. The van der Waals surface area contributed by atoms with Gasteiger partial charge in [0.15, 0.2) is 0 Å². The SMILES string of the molecule is C=C1c2ccccc2C(=O)N1c1cc(N)ccc1F. The van der Waals surface area contributed by atoms with Crippen LogP contribution in [0, 0.1) is 5.82 Å². The molecule has 2 N–H and O–H groups in total. The molecule has 0 saturated heterocycles. The maximum absolute atomic E-state index is 13.9. The van der Waals surface area contributed by atoms with Crippen molar-refractivity contribution < 1.29 is 9.18 Å². The highest BCUT2D eigenvalue weighted by molar-refractivity contribution is 6.22. The molecule has 1 amide bonds. The summed E-state index contributed by atoms with van der Waals surface area (Å²) in [5.41, 5.74) is 7.89. The minimum absolute atomic E-state index is 0.131. The van der Waals surface area contributed by atoms with Crippen LogP contribution < -0.4 is 10.6 Å².